The summed E-state index contributed by atoms with van der Waals surface area (Å²) >= 11 is 12.1. The van der Waals surface area contributed by atoms with Crippen LogP contribution in [-0.4, -0.2) is 30.8 Å². The van der Waals surface area contributed by atoms with E-state index in [0.717, 1.165) is 13.0 Å². The SMILES string of the molecule is CCC1COCCN1c1nc(N)c(Cl)cc1Cl. The second kappa shape index (κ2) is 5.29. The van der Waals surface area contributed by atoms with Crippen LogP contribution in [0.1, 0.15) is 13.3 Å². The van der Waals surface area contributed by atoms with E-state index in [2.05, 4.69) is 16.8 Å². The zero-order valence-corrected chi connectivity index (χ0v) is 11.1. The van der Waals surface area contributed by atoms with Gasteiger partial charge in [-0.25, -0.2) is 4.98 Å². The third-order valence-electron chi connectivity index (χ3n) is 2.91. The summed E-state index contributed by atoms with van der Waals surface area (Å²) in [5.74, 6) is 1.01. The summed E-state index contributed by atoms with van der Waals surface area (Å²) < 4.78 is 5.45. The molecule has 1 fully saturated rings. The van der Waals surface area contributed by atoms with E-state index in [-0.39, 0.29) is 6.04 Å². The van der Waals surface area contributed by atoms with Crippen LogP contribution >= 0.6 is 23.2 Å². The smallest absolute Gasteiger partial charge is 0.150 e. The number of hydrogen-bond donors (Lipinski definition) is 1. The molecule has 0 radical (unpaired) electrons. The van der Waals surface area contributed by atoms with Gasteiger partial charge in [0.05, 0.1) is 29.3 Å². The highest BCUT2D eigenvalue weighted by Gasteiger charge is 2.25. The highest BCUT2D eigenvalue weighted by atomic mass is 35.5. The largest absolute Gasteiger partial charge is 0.382 e. The lowest BCUT2D eigenvalue weighted by Gasteiger charge is -2.36. The van der Waals surface area contributed by atoms with Crippen LogP contribution in [0.15, 0.2) is 6.07 Å². The Balaban J connectivity index is 2.34. The average molecular weight is 276 g/mol. The van der Waals surface area contributed by atoms with Gasteiger partial charge in [-0.15, -0.1) is 0 Å². The van der Waals surface area contributed by atoms with Gasteiger partial charge in [0.15, 0.2) is 0 Å². The number of aromatic nitrogens is 1. The molecule has 0 saturated carbocycles. The number of rotatable bonds is 2. The van der Waals surface area contributed by atoms with E-state index in [9.17, 15) is 0 Å². The summed E-state index contributed by atoms with van der Waals surface area (Å²) in [5.41, 5.74) is 5.72. The van der Waals surface area contributed by atoms with E-state index >= 15 is 0 Å². The third kappa shape index (κ3) is 2.59. The van der Waals surface area contributed by atoms with E-state index in [4.69, 9.17) is 33.7 Å². The van der Waals surface area contributed by atoms with Gasteiger partial charge in [-0.05, 0) is 12.5 Å². The van der Waals surface area contributed by atoms with Crippen molar-refractivity contribution in [2.24, 2.45) is 0 Å². The van der Waals surface area contributed by atoms with E-state index in [1.807, 2.05) is 0 Å². The minimum atomic E-state index is 0.286. The van der Waals surface area contributed by atoms with Gasteiger partial charge in [-0.1, -0.05) is 30.1 Å². The van der Waals surface area contributed by atoms with Crippen LogP contribution < -0.4 is 10.6 Å². The normalized spacial score (nSPS) is 20.6. The predicted octanol–water partition coefficient (Wildman–Crippen LogP) is 2.59. The number of nitrogens with zero attached hydrogens (tertiary/aromatic N) is 2. The van der Waals surface area contributed by atoms with E-state index in [1.165, 1.54) is 0 Å². The number of hydrogen-bond acceptors (Lipinski definition) is 4. The number of anilines is 2. The van der Waals surface area contributed by atoms with Gasteiger partial charge in [0.2, 0.25) is 0 Å². The molecule has 2 heterocycles. The molecular weight excluding hydrogens is 261 g/mol. The number of halogens is 2. The molecule has 17 heavy (non-hydrogen) atoms. The van der Waals surface area contributed by atoms with E-state index < -0.39 is 0 Å². The standard InChI is InChI=1S/C11H15Cl2N3O/c1-2-7-6-17-4-3-16(7)11-9(13)5-8(12)10(14)15-11/h5,7H,2-4,6H2,1H3,(H2,14,15). The fourth-order valence-corrected chi connectivity index (χ4v) is 2.41. The molecule has 0 spiro atoms. The lowest BCUT2D eigenvalue weighted by Crippen LogP contribution is -2.45. The van der Waals surface area contributed by atoms with Crippen LogP contribution in [0, 0.1) is 0 Å². The van der Waals surface area contributed by atoms with Crippen molar-refractivity contribution in [2.75, 3.05) is 30.4 Å². The zero-order chi connectivity index (χ0) is 12.4. The van der Waals surface area contributed by atoms with E-state index in [1.54, 1.807) is 6.07 Å². The zero-order valence-electron chi connectivity index (χ0n) is 9.62. The summed E-state index contributed by atoms with van der Waals surface area (Å²) in [6.45, 7) is 4.25. The molecule has 1 unspecified atom stereocenters. The molecule has 1 aromatic rings. The molecule has 0 bridgehead atoms. The summed E-state index contributed by atoms with van der Waals surface area (Å²) in [6, 6.07) is 1.93. The van der Waals surface area contributed by atoms with E-state index in [0.29, 0.717) is 34.9 Å². The molecule has 0 amide bonds. The molecular formula is C11H15Cl2N3O. The van der Waals surface area contributed by atoms with Crippen LogP contribution in [0.5, 0.6) is 0 Å². The van der Waals surface area contributed by atoms with Crippen molar-refractivity contribution in [2.45, 2.75) is 19.4 Å². The van der Waals surface area contributed by atoms with Gasteiger partial charge in [-0.3, -0.25) is 0 Å². The Kier molecular flexibility index (Phi) is 3.97. The Morgan fingerprint density at radius 3 is 3.00 bits per heavy atom. The molecule has 2 rings (SSSR count). The third-order valence-corrected chi connectivity index (χ3v) is 3.49. The maximum atomic E-state index is 6.17. The maximum Gasteiger partial charge on any atom is 0.150 e. The topological polar surface area (TPSA) is 51.4 Å². The van der Waals surface area contributed by atoms with Crippen molar-refractivity contribution in [1.82, 2.24) is 4.98 Å². The number of ether oxygens (including phenoxy) is 1. The predicted molar refractivity (Wildman–Crippen MR) is 70.9 cm³/mol. The Morgan fingerprint density at radius 2 is 2.29 bits per heavy atom. The molecule has 1 aliphatic heterocycles. The van der Waals surface area contributed by atoms with Crippen LogP contribution in [0.2, 0.25) is 10.0 Å². The van der Waals surface area contributed by atoms with Gasteiger partial charge in [-0.2, -0.15) is 0 Å². The fourth-order valence-electron chi connectivity index (χ4n) is 1.94. The fraction of sp³-hybridized carbons (Fsp3) is 0.545. The first-order valence-electron chi connectivity index (χ1n) is 5.59. The quantitative estimate of drug-likeness (QED) is 0.902. The van der Waals surface area contributed by atoms with Crippen molar-refractivity contribution in [3.05, 3.63) is 16.1 Å². The summed E-state index contributed by atoms with van der Waals surface area (Å²) in [6.07, 6.45) is 0.973. The lowest BCUT2D eigenvalue weighted by atomic mass is 10.2. The van der Waals surface area contributed by atoms with Gasteiger partial charge < -0.3 is 15.4 Å². The molecule has 4 nitrogen and oxygen atoms in total. The summed E-state index contributed by atoms with van der Waals surface area (Å²) in [4.78, 5) is 6.42. The summed E-state index contributed by atoms with van der Waals surface area (Å²) in [7, 11) is 0. The minimum Gasteiger partial charge on any atom is -0.382 e. The van der Waals surface area contributed by atoms with Crippen molar-refractivity contribution in [3.8, 4) is 0 Å². The van der Waals surface area contributed by atoms with Crippen LogP contribution in [0.25, 0.3) is 0 Å². The number of pyridine rings is 1. The minimum absolute atomic E-state index is 0.286. The molecule has 1 saturated heterocycles. The Hall–Kier alpha value is -0.710. The average Bonchev–Trinajstić information content (AvgIpc) is 2.34. The molecule has 94 valence electrons. The van der Waals surface area contributed by atoms with Crippen molar-refractivity contribution < 1.29 is 4.74 Å². The van der Waals surface area contributed by atoms with Crippen molar-refractivity contribution in [1.29, 1.82) is 0 Å². The first-order chi connectivity index (χ1) is 8.13. The maximum absolute atomic E-state index is 6.17. The molecule has 1 aliphatic rings. The highest BCUT2D eigenvalue weighted by Crippen LogP contribution is 2.32. The molecule has 0 aliphatic carbocycles. The Morgan fingerprint density at radius 1 is 1.53 bits per heavy atom. The second-order valence-electron chi connectivity index (χ2n) is 3.99. The number of nitrogens with two attached hydrogens (primary N) is 1. The van der Waals surface area contributed by atoms with Crippen LogP contribution in [0.4, 0.5) is 11.6 Å². The number of nitrogen functional groups attached to an aromatic ring is 1. The van der Waals surface area contributed by atoms with Crippen LogP contribution in [0.3, 0.4) is 0 Å². The van der Waals surface area contributed by atoms with Gasteiger partial charge in [0, 0.05) is 6.54 Å². The monoisotopic (exact) mass is 275 g/mol. The lowest BCUT2D eigenvalue weighted by molar-refractivity contribution is 0.0926. The van der Waals surface area contributed by atoms with Gasteiger partial charge in [0.25, 0.3) is 0 Å². The van der Waals surface area contributed by atoms with Crippen molar-refractivity contribution in [3.63, 3.8) is 0 Å². The Bertz CT molecular complexity index is 414. The van der Waals surface area contributed by atoms with Crippen LogP contribution in [-0.2, 0) is 4.74 Å². The summed E-state index contributed by atoms with van der Waals surface area (Å²) in [5, 5.41) is 0.921. The van der Waals surface area contributed by atoms with Gasteiger partial charge in [0.1, 0.15) is 11.6 Å². The molecule has 2 N–H and O–H groups in total. The Labute approximate surface area is 111 Å². The second-order valence-corrected chi connectivity index (χ2v) is 4.81. The molecule has 6 heteroatoms. The molecule has 0 aromatic carbocycles. The van der Waals surface area contributed by atoms with Gasteiger partial charge >= 0.3 is 0 Å². The highest BCUT2D eigenvalue weighted by molar-refractivity contribution is 6.37. The first-order valence-corrected chi connectivity index (χ1v) is 6.35. The molecule has 1 atom stereocenters. The van der Waals surface area contributed by atoms with Crippen molar-refractivity contribution >= 4 is 34.8 Å². The first kappa shape index (κ1) is 12.7. The molecule has 1 aromatic heterocycles. The number of morpholine rings is 1.